The van der Waals surface area contributed by atoms with Crippen LogP contribution >= 0.6 is 15.9 Å². The molecule has 5 nitrogen and oxygen atoms in total. The van der Waals surface area contributed by atoms with E-state index in [0.29, 0.717) is 11.9 Å². The standard InChI is InChI=1S/C9H16BrN5/c1-3-6(2)4-12-8-7(10)5-13-9(14-8)15-11/h5-6H,3-4,11H2,1-2H3,(H2,12,13,14,15). The SMILES string of the molecule is CCC(C)CNc1nc(NN)ncc1Br. The van der Waals surface area contributed by atoms with Gasteiger partial charge in [-0.15, -0.1) is 0 Å². The van der Waals surface area contributed by atoms with E-state index in [-0.39, 0.29) is 0 Å². The third-order valence-electron chi connectivity index (χ3n) is 2.19. The smallest absolute Gasteiger partial charge is 0.239 e. The largest absolute Gasteiger partial charge is 0.369 e. The Morgan fingerprint density at radius 2 is 2.33 bits per heavy atom. The van der Waals surface area contributed by atoms with Crippen molar-refractivity contribution in [1.29, 1.82) is 0 Å². The van der Waals surface area contributed by atoms with Crippen molar-refractivity contribution in [3.63, 3.8) is 0 Å². The molecule has 0 aliphatic heterocycles. The molecule has 1 atom stereocenters. The summed E-state index contributed by atoms with van der Waals surface area (Å²) in [5.74, 6) is 7.01. The zero-order valence-electron chi connectivity index (χ0n) is 8.92. The summed E-state index contributed by atoms with van der Waals surface area (Å²) in [4.78, 5) is 8.16. The molecule has 0 aliphatic rings. The predicted octanol–water partition coefficient (Wildman–Crippen LogP) is 1.98. The molecule has 84 valence electrons. The highest BCUT2D eigenvalue weighted by Gasteiger charge is 2.05. The van der Waals surface area contributed by atoms with Gasteiger partial charge in [-0.1, -0.05) is 20.3 Å². The predicted molar refractivity (Wildman–Crippen MR) is 65.5 cm³/mol. The number of hydrazine groups is 1. The molecule has 0 radical (unpaired) electrons. The summed E-state index contributed by atoms with van der Waals surface area (Å²) in [5, 5.41) is 3.24. The van der Waals surface area contributed by atoms with Gasteiger partial charge in [0.15, 0.2) is 0 Å². The number of hydrogen-bond donors (Lipinski definition) is 3. The van der Waals surface area contributed by atoms with Gasteiger partial charge >= 0.3 is 0 Å². The number of nitrogen functional groups attached to an aromatic ring is 1. The van der Waals surface area contributed by atoms with Crippen molar-refractivity contribution in [2.45, 2.75) is 20.3 Å². The van der Waals surface area contributed by atoms with Crippen LogP contribution in [0.3, 0.4) is 0 Å². The molecule has 4 N–H and O–H groups in total. The summed E-state index contributed by atoms with van der Waals surface area (Å²) < 4.78 is 0.838. The number of aromatic nitrogens is 2. The van der Waals surface area contributed by atoms with E-state index < -0.39 is 0 Å². The maximum atomic E-state index is 5.23. The van der Waals surface area contributed by atoms with Gasteiger partial charge in [-0.25, -0.2) is 10.8 Å². The maximum Gasteiger partial charge on any atom is 0.239 e. The molecule has 0 aliphatic carbocycles. The molecule has 1 unspecified atom stereocenters. The minimum atomic E-state index is 0.407. The summed E-state index contributed by atoms with van der Waals surface area (Å²) >= 11 is 3.38. The molecular weight excluding hydrogens is 258 g/mol. The monoisotopic (exact) mass is 273 g/mol. The molecule has 0 fully saturated rings. The fraction of sp³-hybridized carbons (Fsp3) is 0.556. The van der Waals surface area contributed by atoms with Crippen LogP contribution in [0.25, 0.3) is 0 Å². The zero-order valence-corrected chi connectivity index (χ0v) is 10.5. The third-order valence-corrected chi connectivity index (χ3v) is 2.77. The van der Waals surface area contributed by atoms with Crippen molar-refractivity contribution in [2.24, 2.45) is 11.8 Å². The summed E-state index contributed by atoms with van der Waals surface area (Å²) in [5.41, 5.74) is 2.41. The third kappa shape index (κ3) is 3.64. The molecule has 0 saturated heterocycles. The first kappa shape index (κ1) is 12.2. The van der Waals surface area contributed by atoms with Crippen molar-refractivity contribution in [3.05, 3.63) is 10.7 Å². The second kappa shape index (κ2) is 5.87. The Morgan fingerprint density at radius 1 is 1.60 bits per heavy atom. The second-order valence-corrected chi connectivity index (χ2v) is 4.28. The molecule has 1 rings (SSSR count). The molecule has 0 saturated carbocycles. The number of halogens is 1. The second-order valence-electron chi connectivity index (χ2n) is 3.43. The van der Waals surface area contributed by atoms with Crippen LogP contribution in [0.15, 0.2) is 10.7 Å². The van der Waals surface area contributed by atoms with E-state index in [0.717, 1.165) is 23.3 Å². The van der Waals surface area contributed by atoms with E-state index in [9.17, 15) is 0 Å². The fourth-order valence-corrected chi connectivity index (χ4v) is 1.31. The number of anilines is 2. The Bertz CT molecular complexity index is 317. The quantitative estimate of drug-likeness (QED) is 0.565. The van der Waals surface area contributed by atoms with E-state index >= 15 is 0 Å². The first-order valence-corrected chi connectivity index (χ1v) is 5.69. The Hall–Kier alpha value is -0.880. The first-order chi connectivity index (χ1) is 7.17. The molecule has 1 aromatic heterocycles. The average Bonchev–Trinajstić information content (AvgIpc) is 2.27. The van der Waals surface area contributed by atoms with Crippen molar-refractivity contribution < 1.29 is 0 Å². The van der Waals surface area contributed by atoms with Crippen LogP contribution in [-0.2, 0) is 0 Å². The van der Waals surface area contributed by atoms with Crippen molar-refractivity contribution in [2.75, 3.05) is 17.3 Å². The Morgan fingerprint density at radius 3 is 2.93 bits per heavy atom. The van der Waals surface area contributed by atoms with Gasteiger partial charge in [0.1, 0.15) is 5.82 Å². The summed E-state index contributed by atoms with van der Waals surface area (Å²) in [6, 6.07) is 0. The number of nitrogens with zero attached hydrogens (tertiary/aromatic N) is 2. The van der Waals surface area contributed by atoms with Gasteiger partial charge in [0.2, 0.25) is 5.95 Å². The molecule has 0 aromatic carbocycles. The van der Waals surface area contributed by atoms with Gasteiger partial charge in [0.05, 0.1) is 4.47 Å². The molecule has 15 heavy (non-hydrogen) atoms. The molecule has 0 spiro atoms. The van der Waals surface area contributed by atoms with Gasteiger partial charge in [0.25, 0.3) is 0 Å². The molecule has 1 aromatic rings. The van der Waals surface area contributed by atoms with Crippen molar-refractivity contribution in [3.8, 4) is 0 Å². The van der Waals surface area contributed by atoms with E-state index in [1.165, 1.54) is 0 Å². The molecule has 6 heteroatoms. The van der Waals surface area contributed by atoms with E-state index in [4.69, 9.17) is 5.84 Å². The molecule has 1 heterocycles. The highest BCUT2D eigenvalue weighted by atomic mass is 79.9. The molecule has 0 amide bonds. The average molecular weight is 274 g/mol. The zero-order chi connectivity index (χ0) is 11.3. The lowest BCUT2D eigenvalue weighted by Gasteiger charge is -2.12. The van der Waals surface area contributed by atoms with Crippen LogP contribution in [0.4, 0.5) is 11.8 Å². The normalized spacial score (nSPS) is 12.3. The molecular formula is C9H16BrN5. The van der Waals surface area contributed by atoms with E-state index in [1.807, 2.05) is 0 Å². The van der Waals surface area contributed by atoms with E-state index in [2.05, 4.69) is 50.5 Å². The lowest BCUT2D eigenvalue weighted by atomic mass is 10.1. The van der Waals surface area contributed by atoms with Crippen LogP contribution in [0.2, 0.25) is 0 Å². The Balaban J connectivity index is 2.66. The summed E-state index contributed by atoms with van der Waals surface area (Å²) in [6.07, 6.45) is 2.80. The van der Waals surface area contributed by atoms with Crippen LogP contribution in [0.1, 0.15) is 20.3 Å². The number of rotatable bonds is 5. The minimum Gasteiger partial charge on any atom is -0.369 e. The van der Waals surface area contributed by atoms with Crippen LogP contribution in [0, 0.1) is 5.92 Å². The highest BCUT2D eigenvalue weighted by Crippen LogP contribution is 2.20. The van der Waals surface area contributed by atoms with Gasteiger partial charge in [-0.05, 0) is 21.8 Å². The number of nitrogens with two attached hydrogens (primary N) is 1. The lowest BCUT2D eigenvalue weighted by Crippen LogP contribution is -2.15. The molecule has 0 bridgehead atoms. The minimum absolute atomic E-state index is 0.407. The summed E-state index contributed by atoms with van der Waals surface area (Å²) in [7, 11) is 0. The maximum absolute atomic E-state index is 5.23. The fourth-order valence-electron chi connectivity index (χ4n) is 0.976. The number of nitrogens with one attached hydrogen (secondary N) is 2. The van der Waals surface area contributed by atoms with Crippen molar-refractivity contribution in [1.82, 2.24) is 9.97 Å². The highest BCUT2D eigenvalue weighted by molar-refractivity contribution is 9.10. The topological polar surface area (TPSA) is 75.9 Å². The van der Waals surface area contributed by atoms with Crippen LogP contribution in [-0.4, -0.2) is 16.5 Å². The van der Waals surface area contributed by atoms with Crippen LogP contribution < -0.4 is 16.6 Å². The first-order valence-electron chi connectivity index (χ1n) is 4.90. The number of hydrogen-bond acceptors (Lipinski definition) is 5. The van der Waals surface area contributed by atoms with Crippen LogP contribution in [0.5, 0.6) is 0 Å². The Kier molecular flexibility index (Phi) is 4.77. The van der Waals surface area contributed by atoms with E-state index in [1.54, 1.807) is 6.20 Å². The Labute approximate surface area is 98.0 Å². The summed E-state index contributed by atoms with van der Waals surface area (Å²) in [6.45, 7) is 5.23. The van der Waals surface area contributed by atoms with Gasteiger partial charge in [0, 0.05) is 12.7 Å². The van der Waals surface area contributed by atoms with Gasteiger partial charge in [-0.2, -0.15) is 4.98 Å². The van der Waals surface area contributed by atoms with Gasteiger partial charge < -0.3 is 5.32 Å². The van der Waals surface area contributed by atoms with Gasteiger partial charge in [-0.3, -0.25) is 5.43 Å². The lowest BCUT2D eigenvalue weighted by molar-refractivity contribution is 0.592. The van der Waals surface area contributed by atoms with Crippen molar-refractivity contribution >= 4 is 27.7 Å².